The molecule has 0 radical (unpaired) electrons. The second-order valence-electron chi connectivity index (χ2n) is 4.65. The second kappa shape index (κ2) is 5.08. The van der Waals surface area contributed by atoms with Crippen molar-refractivity contribution >= 4 is 27.3 Å². The van der Waals surface area contributed by atoms with E-state index in [1.165, 1.54) is 11.1 Å². The van der Waals surface area contributed by atoms with Crippen molar-refractivity contribution < 1.29 is 4.79 Å². The van der Waals surface area contributed by atoms with Crippen molar-refractivity contribution in [1.29, 1.82) is 0 Å². The average Bonchev–Trinajstić information content (AvgIpc) is 3.05. The van der Waals surface area contributed by atoms with Crippen LogP contribution in [0, 0.1) is 0 Å². The number of carbonyl (C=O) groups excluding carboxylic acids is 1. The van der Waals surface area contributed by atoms with E-state index in [0.29, 0.717) is 6.04 Å². The fourth-order valence-electron chi connectivity index (χ4n) is 2.40. The van der Waals surface area contributed by atoms with Crippen molar-refractivity contribution in [2.45, 2.75) is 18.9 Å². The first-order valence-corrected chi connectivity index (χ1v) is 7.20. The Morgan fingerprint density at radius 3 is 3.17 bits per heavy atom. The normalized spacial score (nSPS) is 19.2. The van der Waals surface area contributed by atoms with E-state index in [9.17, 15) is 4.79 Å². The van der Waals surface area contributed by atoms with Gasteiger partial charge in [-0.15, -0.1) is 11.3 Å². The van der Waals surface area contributed by atoms with Gasteiger partial charge in [0.2, 0.25) is 0 Å². The molecule has 0 aliphatic carbocycles. The van der Waals surface area contributed by atoms with E-state index in [1.54, 1.807) is 11.3 Å². The third-order valence-electron chi connectivity index (χ3n) is 3.40. The van der Waals surface area contributed by atoms with Gasteiger partial charge in [0.1, 0.15) is 0 Å². The van der Waals surface area contributed by atoms with Crippen LogP contribution in [0.2, 0.25) is 0 Å². The molecule has 1 aromatic heterocycles. The van der Waals surface area contributed by atoms with Gasteiger partial charge in [-0.05, 0) is 25.5 Å². The zero-order chi connectivity index (χ0) is 12.4. The van der Waals surface area contributed by atoms with E-state index < -0.39 is 0 Å². The average molecular weight is 260 g/mol. The molecule has 0 saturated carbocycles. The highest BCUT2D eigenvalue weighted by atomic mass is 32.1. The molecule has 1 atom stereocenters. The zero-order valence-corrected chi connectivity index (χ0v) is 10.9. The molecule has 1 saturated heterocycles. The lowest BCUT2D eigenvalue weighted by Gasteiger charge is -2.11. The lowest BCUT2D eigenvalue weighted by molar-refractivity contribution is 0.0952. The van der Waals surface area contributed by atoms with E-state index >= 15 is 0 Å². The van der Waals surface area contributed by atoms with Gasteiger partial charge in [0, 0.05) is 28.1 Å². The Bertz CT molecular complexity index is 558. The number of fused-ring (bicyclic) bond motifs is 1. The SMILES string of the molecule is O=C(NCC1CCCN1)c1csc2ccccc12. The summed E-state index contributed by atoms with van der Waals surface area (Å²) >= 11 is 1.62. The lowest BCUT2D eigenvalue weighted by Crippen LogP contribution is -2.37. The molecule has 2 aromatic rings. The zero-order valence-electron chi connectivity index (χ0n) is 10.1. The summed E-state index contributed by atoms with van der Waals surface area (Å²) in [4.78, 5) is 12.1. The minimum absolute atomic E-state index is 0.0427. The van der Waals surface area contributed by atoms with E-state index in [4.69, 9.17) is 0 Å². The molecular weight excluding hydrogens is 244 g/mol. The molecule has 1 unspecified atom stereocenters. The van der Waals surface area contributed by atoms with Crippen molar-refractivity contribution in [3.8, 4) is 0 Å². The van der Waals surface area contributed by atoms with Crippen LogP contribution in [0.1, 0.15) is 23.2 Å². The number of nitrogens with one attached hydrogen (secondary N) is 2. The molecule has 94 valence electrons. The predicted octanol–water partition coefficient (Wildman–Crippen LogP) is 2.38. The topological polar surface area (TPSA) is 41.1 Å². The van der Waals surface area contributed by atoms with Crippen molar-refractivity contribution in [2.24, 2.45) is 0 Å². The lowest BCUT2D eigenvalue weighted by atomic mass is 10.1. The van der Waals surface area contributed by atoms with Crippen LogP contribution in [0.25, 0.3) is 10.1 Å². The minimum Gasteiger partial charge on any atom is -0.350 e. The summed E-state index contributed by atoms with van der Waals surface area (Å²) in [6.45, 7) is 1.80. The van der Waals surface area contributed by atoms with Gasteiger partial charge in [-0.2, -0.15) is 0 Å². The van der Waals surface area contributed by atoms with Gasteiger partial charge in [0.05, 0.1) is 5.56 Å². The molecule has 2 N–H and O–H groups in total. The third kappa shape index (κ3) is 2.26. The number of benzene rings is 1. The summed E-state index contributed by atoms with van der Waals surface area (Å²) in [5.41, 5.74) is 0.800. The summed E-state index contributed by atoms with van der Waals surface area (Å²) in [5, 5.41) is 9.41. The number of hydrogen-bond acceptors (Lipinski definition) is 3. The van der Waals surface area contributed by atoms with Crippen LogP contribution in [0.3, 0.4) is 0 Å². The van der Waals surface area contributed by atoms with Crippen LogP contribution >= 0.6 is 11.3 Å². The molecule has 0 bridgehead atoms. The van der Waals surface area contributed by atoms with E-state index in [2.05, 4.69) is 16.7 Å². The molecule has 18 heavy (non-hydrogen) atoms. The summed E-state index contributed by atoms with van der Waals surface area (Å²) in [6.07, 6.45) is 2.37. The van der Waals surface area contributed by atoms with Crippen molar-refractivity contribution in [1.82, 2.24) is 10.6 Å². The quantitative estimate of drug-likeness (QED) is 0.889. The maximum atomic E-state index is 12.1. The Balaban J connectivity index is 1.71. The fourth-order valence-corrected chi connectivity index (χ4v) is 3.34. The Morgan fingerprint density at radius 2 is 2.33 bits per heavy atom. The Morgan fingerprint density at radius 1 is 1.44 bits per heavy atom. The van der Waals surface area contributed by atoms with Crippen LogP contribution in [0.4, 0.5) is 0 Å². The molecule has 3 rings (SSSR count). The van der Waals surface area contributed by atoms with Crippen LogP contribution in [-0.4, -0.2) is 25.0 Å². The van der Waals surface area contributed by atoms with Gasteiger partial charge in [0.15, 0.2) is 0 Å². The third-order valence-corrected chi connectivity index (χ3v) is 4.36. The molecule has 3 nitrogen and oxygen atoms in total. The summed E-state index contributed by atoms with van der Waals surface area (Å²) in [5.74, 6) is 0.0427. The predicted molar refractivity (Wildman–Crippen MR) is 75.2 cm³/mol. The van der Waals surface area contributed by atoms with E-state index in [-0.39, 0.29) is 5.91 Å². The number of hydrogen-bond donors (Lipinski definition) is 2. The molecule has 4 heteroatoms. The maximum absolute atomic E-state index is 12.1. The standard InChI is InChI=1S/C14H16N2OS/c17-14(16-8-10-4-3-7-15-10)12-9-18-13-6-2-1-5-11(12)13/h1-2,5-6,9-10,15H,3-4,7-8H2,(H,16,17). The highest BCUT2D eigenvalue weighted by Crippen LogP contribution is 2.25. The summed E-state index contributed by atoms with van der Waals surface area (Å²) < 4.78 is 1.17. The van der Waals surface area contributed by atoms with Gasteiger partial charge in [-0.1, -0.05) is 18.2 Å². The summed E-state index contributed by atoms with van der Waals surface area (Å²) in [6, 6.07) is 8.48. The van der Waals surface area contributed by atoms with Crippen LogP contribution in [0.15, 0.2) is 29.6 Å². The van der Waals surface area contributed by atoms with Gasteiger partial charge in [-0.25, -0.2) is 0 Å². The highest BCUT2D eigenvalue weighted by molar-refractivity contribution is 7.17. The number of carbonyl (C=O) groups is 1. The molecular formula is C14H16N2OS. The molecule has 1 amide bonds. The summed E-state index contributed by atoms with van der Waals surface area (Å²) in [7, 11) is 0. The number of thiophene rings is 1. The van der Waals surface area contributed by atoms with E-state index in [0.717, 1.165) is 30.5 Å². The molecule has 1 aliphatic heterocycles. The van der Waals surface area contributed by atoms with Crippen LogP contribution < -0.4 is 10.6 Å². The molecule has 1 aromatic carbocycles. The van der Waals surface area contributed by atoms with E-state index in [1.807, 2.05) is 23.6 Å². The molecule has 0 spiro atoms. The first kappa shape index (κ1) is 11.7. The highest BCUT2D eigenvalue weighted by Gasteiger charge is 2.16. The Hall–Kier alpha value is -1.39. The van der Waals surface area contributed by atoms with Gasteiger partial charge >= 0.3 is 0 Å². The largest absolute Gasteiger partial charge is 0.350 e. The number of amides is 1. The second-order valence-corrected chi connectivity index (χ2v) is 5.56. The molecule has 1 fully saturated rings. The first-order valence-electron chi connectivity index (χ1n) is 6.32. The maximum Gasteiger partial charge on any atom is 0.252 e. The molecule has 1 aliphatic rings. The van der Waals surface area contributed by atoms with Crippen molar-refractivity contribution in [3.05, 3.63) is 35.2 Å². The monoisotopic (exact) mass is 260 g/mol. The number of rotatable bonds is 3. The van der Waals surface area contributed by atoms with Crippen LogP contribution in [-0.2, 0) is 0 Å². The smallest absolute Gasteiger partial charge is 0.252 e. The Kier molecular flexibility index (Phi) is 3.30. The van der Waals surface area contributed by atoms with Gasteiger partial charge in [0.25, 0.3) is 5.91 Å². The minimum atomic E-state index is 0.0427. The first-order chi connectivity index (χ1) is 8.84. The Labute approximate surface area is 110 Å². The van der Waals surface area contributed by atoms with Crippen LogP contribution in [0.5, 0.6) is 0 Å². The van der Waals surface area contributed by atoms with Gasteiger partial charge < -0.3 is 10.6 Å². The van der Waals surface area contributed by atoms with Crippen molar-refractivity contribution in [2.75, 3.05) is 13.1 Å². The molecule has 2 heterocycles. The van der Waals surface area contributed by atoms with Crippen molar-refractivity contribution in [3.63, 3.8) is 0 Å². The fraction of sp³-hybridized carbons (Fsp3) is 0.357. The van der Waals surface area contributed by atoms with Gasteiger partial charge in [-0.3, -0.25) is 4.79 Å².